The molecule has 0 radical (unpaired) electrons. The maximum absolute atomic E-state index is 11.2. The molecule has 1 aliphatic heterocycles. The first kappa shape index (κ1) is 6.46. The van der Waals surface area contributed by atoms with Gasteiger partial charge in [-0.1, -0.05) is 15.9 Å². The quantitative estimate of drug-likeness (QED) is 0.452. The van der Waals surface area contributed by atoms with Crippen LogP contribution in [0.4, 0.5) is 0 Å². The fraction of sp³-hybridized carbons (Fsp3) is 0.875. The molecule has 2 aliphatic carbocycles. The summed E-state index contributed by atoms with van der Waals surface area (Å²) in [6, 6.07) is 0. The van der Waals surface area contributed by atoms with Gasteiger partial charge in [-0.15, -0.1) is 0 Å². The summed E-state index contributed by atoms with van der Waals surface area (Å²) in [6.07, 6.45) is 2.48. The minimum absolute atomic E-state index is 0.0597. The Morgan fingerprint density at radius 3 is 2.91 bits per heavy atom. The fourth-order valence-corrected chi connectivity index (χ4v) is 3.82. The number of carbonyl (C=O) groups is 1. The molecule has 0 spiro atoms. The summed E-state index contributed by atoms with van der Waals surface area (Å²) in [7, 11) is 0. The van der Waals surface area contributed by atoms with Crippen LogP contribution in [0.5, 0.6) is 0 Å². The third kappa shape index (κ3) is 0.616. The van der Waals surface area contributed by atoms with E-state index in [0.29, 0.717) is 16.7 Å². The second-order valence-electron chi connectivity index (χ2n) is 3.85. The zero-order chi connectivity index (χ0) is 7.59. The van der Waals surface area contributed by atoms with Crippen molar-refractivity contribution < 1.29 is 9.53 Å². The first-order valence-electron chi connectivity index (χ1n) is 4.12. The minimum atomic E-state index is 0.0597. The third-order valence-corrected chi connectivity index (χ3v) is 4.66. The molecular weight excluding hydrogens is 208 g/mol. The Hall–Kier alpha value is -0.0500. The van der Waals surface area contributed by atoms with E-state index in [4.69, 9.17) is 4.74 Å². The lowest BCUT2D eigenvalue weighted by molar-refractivity contribution is -0.143. The van der Waals surface area contributed by atoms with Crippen molar-refractivity contribution in [3.8, 4) is 0 Å². The standard InChI is InChI=1S/C8H9BrO2/c9-6-3-1-4-5(2-3)8(10)11-7(4)6/h3-7H,1-2H2. The van der Waals surface area contributed by atoms with Gasteiger partial charge < -0.3 is 4.74 Å². The first-order valence-corrected chi connectivity index (χ1v) is 5.03. The third-order valence-electron chi connectivity index (χ3n) is 3.39. The molecule has 3 heteroatoms. The highest BCUT2D eigenvalue weighted by Crippen LogP contribution is 2.56. The summed E-state index contributed by atoms with van der Waals surface area (Å²) in [4.78, 5) is 11.6. The van der Waals surface area contributed by atoms with Crippen LogP contribution < -0.4 is 0 Å². The molecule has 0 N–H and O–H groups in total. The molecule has 5 atom stereocenters. The fourth-order valence-electron chi connectivity index (χ4n) is 2.88. The van der Waals surface area contributed by atoms with Crippen molar-refractivity contribution in [3.05, 3.63) is 0 Å². The smallest absolute Gasteiger partial charge is 0.309 e. The molecule has 0 aromatic heterocycles. The van der Waals surface area contributed by atoms with Crippen LogP contribution >= 0.6 is 15.9 Å². The van der Waals surface area contributed by atoms with Gasteiger partial charge in [0.05, 0.1) is 10.7 Å². The molecule has 60 valence electrons. The van der Waals surface area contributed by atoms with Crippen LogP contribution in [0.2, 0.25) is 0 Å². The highest BCUT2D eigenvalue weighted by atomic mass is 79.9. The van der Waals surface area contributed by atoms with Gasteiger partial charge in [-0.25, -0.2) is 0 Å². The van der Waals surface area contributed by atoms with Gasteiger partial charge in [-0.05, 0) is 18.8 Å². The Bertz CT molecular complexity index is 228. The topological polar surface area (TPSA) is 26.3 Å². The van der Waals surface area contributed by atoms with E-state index in [1.54, 1.807) is 0 Å². The molecule has 0 aromatic carbocycles. The van der Waals surface area contributed by atoms with E-state index in [1.165, 1.54) is 6.42 Å². The maximum Gasteiger partial charge on any atom is 0.309 e. The highest BCUT2D eigenvalue weighted by Gasteiger charge is 2.60. The number of rotatable bonds is 0. The van der Waals surface area contributed by atoms with Crippen molar-refractivity contribution in [2.45, 2.75) is 23.8 Å². The summed E-state index contributed by atoms with van der Waals surface area (Å²) in [5, 5.41) is 0. The largest absolute Gasteiger partial charge is 0.461 e. The Labute approximate surface area is 73.4 Å². The van der Waals surface area contributed by atoms with Crippen LogP contribution in [0.1, 0.15) is 12.8 Å². The van der Waals surface area contributed by atoms with Gasteiger partial charge in [0.25, 0.3) is 0 Å². The zero-order valence-electron chi connectivity index (χ0n) is 6.00. The van der Waals surface area contributed by atoms with Gasteiger partial charge >= 0.3 is 5.97 Å². The summed E-state index contributed by atoms with van der Waals surface area (Å²) < 4.78 is 5.27. The van der Waals surface area contributed by atoms with Gasteiger partial charge in [0.15, 0.2) is 0 Å². The molecule has 3 rings (SSSR count). The molecule has 3 fully saturated rings. The molecule has 1 saturated heterocycles. The first-order chi connectivity index (χ1) is 5.27. The van der Waals surface area contributed by atoms with Crippen molar-refractivity contribution in [1.29, 1.82) is 0 Å². The predicted molar refractivity (Wildman–Crippen MR) is 42.3 cm³/mol. The van der Waals surface area contributed by atoms with Crippen molar-refractivity contribution in [2.24, 2.45) is 17.8 Å². The van der Waals surface area contributed by atoms with Gasteiger partial charge in [0, 0.05) is 5.92 Å². The Kier molecular flexibility index (Phi) is 1.07. The van der Waals surface area contributed by atoms with Gasteiger partial charge in [0.2, 0.25) is 0 Å². The van der Waals surface area contributed by atoms with Gasteiger partial charge in [-0.2, -0.15) is 0 Å². The van der Waals surface area contributed by atoms with Crippen LogP contribution in [0.25, 0.3) is 0 Å². The number of halogens is 1. The van der Waals surface area contributed by atoms with E-state index in [-0.39, 0.29) is 18.0 Å². The van der Waals surface area contributed by atoms with Gasteiger partial charge in [0.1, 0.15) is 6.10 Å². The van der Waals surface area contributed by atoms with Crippen LogP contribution in [0.3, 0.4) is 0 Å². The lowest BCUT2D eigenvalue weighted by Gasteiger charge is -2.18. The SMILES string of the molecule is O=C1OC2C(Br)C3CC1C2C3. The number of fused-ring (bicyclic) bond motifs is 1. The summed E-state index contributed by atoms with van der Waals surface area (Å²) in [5.41, 5.74) is 0. The average Bonchev–Trinajstić information content (AvgIpc) is 2.53. The maximum atomic E-state index is 11.2. The Morgan fingerprint density at radius 1 is 1.45 bits per heavy atom. The highest BCUT2D eigenvalue weighted by molar-refractivity contribution is 9.09. The van der Waals surface area contributed by atoms with E-state index in [0.717, 1.165) is 6.42 Å². The molecule has 0 amide bonds. The lowest BCUT2D eigenvalue weighted by atomic mass is 9.90. The molecule has 11 heavy (non-hydrogen) atoms. The molecule has 5 unspecified atom stereocenters. The van der Waals surface area contributed by atoms with Crippen molar-refractivity contribution in [1.82, 2.24) is 0 Å². The molecule has 0 aromatic rings. The van der Waals surface area contributed by atoms with Crippen LogP contribution in [0, 0.1) is 17.8 Å². The molecule has 2 saturated carbocycles. The average molecular weight is 217 g/mol. The van der Waals surface area contributed by atoms with Gasteiger partial charge in [-0.3, -0.25) is 4.79 Å². The number of alkyl halides is 1. The number of ether oxygens (including phenoxy) is 1. The van der Waals surface area contributed by atoms with E-state index in [9.17, 15) is 4.79 Å². The number of esters is 1. The molecule has 1 heterocycles. The molecular formula is C8H9BrO2. The van der Waals surface area contributed by atoms with Crippen molar-refractivity contribution in [2.75, 3.05) is 0 Å². The summed E-state index contributed by atoms with van der Waals surface area (Å²) >= 11 is 3.60. The van der Waals surface area contributed by atoms with Crippen LogP contribution in [-0.4, -0.2) is 16.9 Å². The summed E-state index contributed by atoms with van der Waals surface area (Å²) in [5.74, 6) is 1.58. The predicted octanol–water partition coefficient (Wildman–Crippen LogP) is 1.33. The number of carbonyl (C=O) groups excluding carboxylic acids is 1. The second kappa shape index (κ2) is 1.82. The number of hydrogen-bond donors (Lipinski definition) is 0. The zero-order valence-corrected chi connectivity index (χ0v) is 7.58. The van der Waals surface area contributed by atoms with Crippen molar-refractivity contribution >= 4 is 21.9 Å². The Morgan fingerprint density at radius 2 is 2.27 bits per heavy atom. The van der Waals surface area contributed by atoms with Crippen LogP contribution in [0.15, 0.2) is 0 Å². The number of hydrogen-bond acceptors (Lipinski definition) is 2. The van der Waals surface area contributed by atoms with Crippen molar-refractivity contribution in [3.63, 3.8) is 0 Å². The van der Waals surface area contributed by atoms with E-state index in [2.05, 4.69) is 15.9 Å². The Balaban J connectivity index is 2.04. The van der Waals surface area contributed by atoms with E-state index < -0.39 is 0 Å². The summed E-state index contributed by atoms with van der Waals surface area (Å²) in [6.45, 7) is 0. The second-order valence-corrected chi connectivity index (χ2v) is 4.91. The molecule has 2 bridgehead atoms. The monoisotopic (exact) mass is 216 g/mol. The van der Waals surface area contributed by atoms with E-state index >= 15 is 0 Å². The normalized spacial score (nSPS) is 58.6. The van der Waals surface area contributed by atoms with Crippen LogP contribution in [-0.2, 0) is 9.53 Å². The molecule has 3 aliphatic rings. The lowest BCUT2D eigenvalue weighted by Crippen LogP contribution is -2.26. The van der Waals surface area contributed by atoms with E-state index in [1.807, 2.05) is 0 Å². The minimum Gasteiger partial charge on any atom is -0.461 e. The molecule has 2 nitrogen and oxygen atoms in total.